The largest absolute Gasteiger partial charge is 0.321 e. The number of carbonyl (C=O) groups is 1. The van der Waals surface area contributed by atoms with Gasteiger partial charge in [0.1, 0.15) is 0 Å². The van der Waals surface area contributed by atoms with Crippen molar-refractivity contribution in [3.05, 3.63) is 53.9 Å². The van der Waals surface area contributed by atoms with Crippen molar-refractivity contribution in [3.63, 3.8) is 0 Å². The zero-order valence-corrected chi connectivity index (χ0v) is 11.1. The molecule has 2 N–H and O–H groups in total. The first-order valence-corrected chi connectivity index (χ1v) is 6.52. The molecule has 0 aliphatic carbocycles. The molecule has 1 heterocycles. The minimum atomic E-state index is -0.452. The topological polar surface area (TPSA) is 60.9 Å². The van der Waals surface area contributed by atoms with Gasteiger partial charge in [-0.15, -0.1) is 0 Å². The standard InChI is InChI=1S/C15H19N3O/c1-2-18-11-13(10-17-18)9-15(19)14(16)8-12-6-4-3-5-7-12/h3-7,10-11,14H,2,8-9,16H2,1H3. The zero-order chi connectivity index (χ0) is 13.7. The predicted octanol–water partition coefficient (Wildman–Crippen LogP) is 1.58. The lowest BCUT2D eigenvalue weighted by Crippen LogP contribution is -2.33. The smallest absolute Gasteiger partial charge is 0.154 e. The summed E-state index contributed by atoms with van der Waals surface area (Å²) < 4.78 is 1.81. The van der Waals surface area contributed by atoms with Crippen molar-refractivity contribution in [2.75, 3.05) is 0 Å². The molecule has 4 heteroatoms. The van der Waals surface area contributed by atoms with E-state index in [0.717, 1.165) is 17.7 Å². The van der Waals surface area contributed by atoms with Gasteiger partial charge in [-0.2, -0.15) is 5.10 Å². The molecule has 4 nitrogen and oxygen atoms in total. The lowest BCUT2D eigenvalue weighted by molar-refractivity contribution is -0.119. The van der Waals surface area contributed by atoms with Crippen LogP contribution in [0.4, 0.5) is 0 Å². The van der Waals surface area contributed by atoms with E-state index in [-0.39, 0.29) is 5.78 Å². The highest BCUT2D eigenvalue weighted by Crippen LogP contribution is 2.06. The summed E-state index contributed by atoms with van der Waals surface area (Å²) in [5.41, 5.74) is 7.98. The van der Waals surface area contributed by atoms with Gasteiger partial charge in [0.2, 0.25) is 0 Å². The molecule has 0 aliphatic rings. The van der Waals surface area contributed by atoms with Crippen LogP contribution in [0.1, 0.15) is 18.1 Å². The molecule has 0 fully saturated rings. The van der Waals surface area contributed by atoms with E-state index in [1.54, 1.807) is 6.20 Å². The zero-order valence-electron chi connectivity index (χ0n) is 11.1. The van der Waals surface area contributed by atoms with Crippen molar-refractivity contribution in [2.24, 2.45) is 5.73 Å². The number of nitrogens with two attached hydrogens (primary N) is 1. The monoisotopic (exact) mass is 257 g/mol. The van der Waals surface area contributed by atoms with Crippen LogP contribution in [0, 0.1) is 0 Å². The van der Waals surface area contributed by atoms with E-state index in [0.29, 0.717) is 12.8 Å². The van der Waals surface area contributed by atoms with Crippen molar-refractivity contribution in [2.45, 2.75) is 32.4 Å². The predicted molar refractivity (Wildman–Crippen MR) is 74.7 cm³/mol. The molecule has 1 aromatic heterocycles. The van der Waals surface area contributed by atoms with E-state index in [9.17, 15) is 4.79 Å². The second-order valence-corrected chi connectivity index (χ2v) is 4.64. The molecule has 2 aromatic rings. The van der Waals surface area contributed by atoms with Gasteiger partial charge in [-0.25, -0.2) is 0 Å². The Morgan fingerprint density at radius 2 is 2.05 bits per heavy atom. The number of carbonyl (C=O) groups excluding carboxylic acids is 1. The Hall–Kier alpha value is -1.94. The molecular weight excluding hydrogens is 238 g/mol. The van der Waals surface area contributed by atoms with Crippen LogP contribution in [0.25, 0.3) is 0 Å². The molecule has 19 heavy (non-hydrogen) atoms. The molecule has 0 spiro atoms. The number of benzene rings is 1. The number of hydrogen-bond acceptors (Lipinski definition) is 3. The lowest BCUT2D eigenvalue weighted by atomic mass is 10.00. The summed E-state index contributed by atoms with van der Waals surface area (Å²) in [6.45, 7) is 2.82. The van der Waals surface area contributed by atoms with E-state index >= 15 is 0 Å². The quantitative estimate of drug-likeness (QED) is 0.854. The Bertz CT molecular complexity index is 533. The molecule has 1 aromatic carbocycles. The number of nitrogens with zero attached hydrogens (tertiary/aromatic N) is 2. The van der Waals surface area contributed by atoms with E-state index in [1.807, 2.05) is 48.1 Å². The first-order chi connectivity index (χ1) is 9.19. The SMILES string of the molecule is CCn1cc(CC(=O)C(N)Cc2ccccc2)cn1. The van der Waals surface area contributed by atoms with Crippen molar-refractivity contribution in [3.8, 4) is 0 Å². The normalized spacial score (nSPS) is 12.3. The van der Waals surface area contributed by atoms with Crippen molar-refractivity contribution in [1.82, 2.24) is 9.78 Å². The van der Waals surface area contributed by atoms with E-state index in [2.05, 4.69) is 5.10 Å². The number of ketones is 1. The third kappa shape index (κ3) is 3.76. The summed E-state index contributed by atoms with van der Waals surface area (Å²) in [7, 11) is 0. The van der Waals surface area contributed by atoms with Crippen LogP contribution in [-0.4, -0.2) is 21.6 Å². The van der Waals surface area contributed by atoms with E-state index in [4.69, 9.17) is 5.73 Å². The fraction of sp³-hybridized carbons (Fsp3) is 0.333. The summed E-state index contributed by atoms with van der Waals surface area (Å²) in [6.07, 6.45) is 4.57. The van der Waals surface area contributed by atoms with Gasteiger partial charge in [0.25, 0.3) is 0 Å². The molecular formula is C15H19N3O. The number of aromatic nitrogens is 2. The summed E-state index contributed by atoms with van der Waals surface area (Å²) in [5, 5.41) is 4.15. The Labute approximate surface area is 113 Å². The summed E-state index contributed by atoms with van der Waals surface area (Å²) in [4.78, 5) is 12.1. The van der Waals surface area contributed by atoms with Gasteiger partial charge < -0.3 is 5.73 Å². The third-order valence-electron chi connectivity index (χ3n) is 3.10. The Morgan fingerprint density at radius 3 is 2.68 bits per heavy atom. The van der Waals surface area contributed by atoms with Crippen LogP contribution in [0.5, 0.6) is 0 Å². The number of hydrogen-bond donors (Lipinski definition) is 1. The van der Waals surface area contributed by atoms with Crippen LogP contribution in [0.2, 0.25) is 0 Å². The van der Waals surface area contributed by atoms with Crippen molar-refractivity contribution in [1.29, 1.82) is 0 Å². The molecule has 0 bridgehead atoms. The number of aryl methyl sites for hydroxylation is 1. The summed E-state index contributed by atoms with van der Waals surface area (Å²) >= 11 is 0. The van der Waals surface area contributed by atoms with Gasteiger partial charge in [-0.3, -0.25) is 9.48 Å². The van der Waals surface area contributed by atoms with Gasteiger partial charge in [0.15, 0.2) is 5.78 Å². The molecule has 1 unspecified atom stereocenters. The maximum atomic E-state index is 12.1. The van der Waals surface area contributed by atoms with Crippen LogP contribution in [0.3, 0.4) is 0 Å². The van der Waals surface area contributed by atoms with Gasteiger partial charge in [0.05, 0.1) is 12.2 Å². The van der Waals surface area contributed by atoms with Crippen molar-refractivity contribution < 1.29 is 4.79 Å². The highest BCUT2D eigenvalue weighted by atomic mass is 16.1. The lowest BCUT2D eigenvalue weighted by Gasteiger charge is -2.09. The highest BCUT2D eigenvalue weighted by molar-refractivity contribution is 5.86. The minimum Gasteiger partial charge on any atom is -0.321 e. The van der Waals surface area contributed by atoms with Gasteiger partial charge in [0, 0.05) is 19.2 Å². The molecule has 100 valence electrons. The first-order valence-electron chi connectivity index (χ1n) is 6.52. The Kier molecular flexibility index (Phi) is 4.47. The first kappa shape index (κ1) is 13.5. The third-order valence-corrected chi connectivity index (χ3v) is 3.10. The van der Waals surface area contributed by atoms with Gasteiger partial charge >= 0.3 is 0 Å². The fourth-order valence-electron chi connectivity index (χ4n) is 1.98. The molecule has 0 radical (unpaired) electrons. The average Bonchev–Trinajstić information content (AvgIpc) is 2.87. The average molecular weight is 257 g/mol. The second kappa shape index (κ2) is 6.29. The highest BCUT2D eigenvalue weighted by Gasteiger charge is 2.15. The molecule has 0 saturated heterocycles. The summed E-state index contributed by atoms with van der Waals surface area (Å²) in [5.74, 6) is 0.0551. The minimum absolute atomic E-state index is 0.0551. The second-order valence-electron chi connectivity index (χ2n) is 4.64. The molecule has 2 rings (SSSR count). The number of rotatable bonds is 6. The van der Waals surface area contributed by atoms with Crippen LogP contribution >= 0.6 is 0 Å². The summed E-state index contributed by atoms with van der Waals surface area (Å²) in [6, 6.07) is 9.39. The van der Waals surface area contributed by atoms with Crippen LogP contribution in [0.15, 0.2) is 42.7 Å². The Balaban J connectivity index is 1.92. The van der Waals surface area contributed by atoms with Gasteiger partial charge in [-0.05, 0) is 24.5 Å². The maximum absolute atomic E-state index is 12.1. The molecule has 0 aliphatic heterocycles. The maximum Gasteiger partial charge on any atom is 0.154 e. The molecule has 0 saturated carbocycles. The van der Waals surface area contributed by atoms with Crippen molar-refractivity contribution >= 4 is 5.78 Å². The van der Waals surface area contributed by atoms with E-state index < -0.39 is 6.04 Å². The fourth-order valence-corrected chi connectivity index (χ4v) is 1.98. The van der Waals surface area contributed by atoms with E-state index in [1.165, 1.54) is 0 Å². The Morgan fingerprint density at radius 1 is 1.32 bits per heavy atom. The molecule has 0 amide bonds. The van der Waals surface area contributed by atoms with Gasteiger partial charge in [-0.1, -0.05) is 30.3 Å². The van der Waals surface area contributed by atoms with Crippen LogP contribution in [-0.2, 0) is 24.2 Å². The number of Topliss-reactive ketones (excluding diaryl/α,β-unsaturated/α-hetero) is 1. The molecule has 1 atom stereocenters. The van der Waals surface area contributed by atoms with Crippen LogP contribution < -0.4 is 5.73 Å².